The van der Waals surface area contributed by atoms with Crippen molar-refractivity contribution in [3.05, 3.63) is 94.9 Å². The maximum Gasteiger partial charge on any atom is 0.346 e. The quantitative estimate of drug-likeness (QED) is 0.352. The van der Waals surface area contributed by atoms with E-state index in [-0.39, 0.29) is 5.82 Å². The lowest BCUT2D eigenvalue weighted by Crippen LogP contribution is -2.07. The second kappa shape index (κ2) is 6.95. The third-order valence-electron chi connectivity index (χ3n) is 5.40. The molecule has 0 atom stereocenters. The van der Waals surface area contributed by atoms with Gasteiger partial charge in [-0.05, 0) is 48.4 Å². The van der Waals surface area contributed by atoms with Crippen LogP contribution in [0, 0.1) is 11.6 Å². The summed E-state index contributed by atoms with van der Waals surface area (Å²) in [4.78, 5) is 13.2. The lowest BCUT2D eigenvalue weighted by Gasteiger charge is -2.11. The first kappa shape index (κ1) is 18.3. The highest BCUT2D eigenvalue weighted by atomic mass is 19.1. The molecule has 5 heteroatoms. The third-order valence-corrected chi connectivity index (χ3v) is 5.40. The van der Waals surface area contributed by atoms with Crippen LogP contribution in [0.15, 0.2) is 82.0 Å². The lowest BCUT2D eigenvalue weighted by molar-refractivity contribution is 0.532. The highest BCUT2D eigenvalue weighted by Crippen LogP contribution is 2.41. The standard InChI is InChI=1S/C25H17F2NO2/c1-2-28-20-6-4-3-5-19(20)23-21(15-7-11-17(26)12-8-15)22(25(29)30-24(23)28)16-9-13-18(27)14-10-16/h3-14H,2H2,1H3. The van der Waals surface area contributed by atoms with Crippen LogP contribution in [0.4, 0.5) is 8.78 Å². The van der Waals surface area contributed by atoms with Gasteiger partial charge < -0.3 is 8.98 Å². The van der Waals surface area contributed by atoms with Crippen LogP contribution in [-0.4, -0.2) is 4.57 Å². The van der Waals surface area contributed by atoms with Crippen molar-refractivity contribution in [3.8, 4) is 22.3 Å². The fourth-order valence-corrected chi connectivity index (χ4v) is 4.09. The fraction of sp³-hybridized carbons (Fsp3) is 0.0800. The monoisotopic (exact) mass is 401 g/mol. The minimum absolute atomic E-state index is 0.327. The molecule has 3 nitrogen and oxygen atoms in total. The third kappa shape index (κ3) is 2.74. The van der Waals surface area contributed by atoms with Crippen molar-refractivity contribution in [1.29, 1.82) is 0 Å². The molecule has 2 heterocycles. The van der Waals surface area contributed by atoms with Crippen molar-refractivity contribution in [2.24, 2.45) is 0 Å². The zero-order valence-corrected chi connectivity index (χ0v) is 16.2. The highest BCUT2D eigenvalue weighted by Gasteiger charge is 2.23. The van der Waals surface area contributed by atoms with Gasteiger partial charge >= 0.3 is 5.63 Å². The highest BCUT2D eigenvalue weighted by molar-refractivity contribution is 6.15. The van der Waals surface area contributed by atoms with Crippen LogP contribution in [-0.2, 0) is 6.54 Å². The van der Waals surface area contributed by atoms with Gasteiger partial charge in [0.2, 0.25) is 5.71 Å². The fourth-order valence-electron chi connectivity index (χ4n) is 4.09. The van der Waals surface area contributed by atoms with Crippen molar-refractivity contribution in [1.82, 2.24) is 4.57 Å². The van der Waals surface area contributed by atoms with E-state index in [0.29, 0.717) is 34.5 Å². The largest absolute Gasteiger partial charge is 0.405 e. The Labute approximate surface area is 170 Å². The Morgan fingerprint density at radius 1 is 0.800 bits per heavy atom. The summed E-state index contributed by atoms with van der Waals surface area (Å²) in [5, 5.41) is 1.71. The Balaban J connectivity index is 2.02. The molecule has 30 heavy (non-hydrogen) atoms. The lowest BCUT2D eigenvalue weighted by atomic mass is 9.93. The number of halogens is 2. The number of benzene rings is 3. The molecule has 5 rings (SSSR count). The predicted molar refractivity (Wildman–Crippen MR) is 114 cm³/mol. The first-order valence-electron chi connectivity index (χ1n) is 9.68. The number of para-hydroxylation sites is 1. The Bertz CT molecular complexity index is 1450. The molecular weight excluding hydrogens is 384 g/mol. The number of hydrogen-bond acceptors (Lipinski definition) is 2. The van der Waals surface area contributed by atoms with Crippen LogP contribution < -0.4 is 5.63 Å². The van der Waals surface area contributed by atoms with E-state index in [2.05, 4.69) is 0 Å². The zero-order valence-electron chi connectivity index (χ0n) is 16.2. The molecule has 5 aromatic rings. The number of nitrogens with zero attached hydrogens (tertiary/aromatic N) is 1. The molecular formula is C25H17F2NO2. The van der Waals surface area contributed by atoms with E-state index in [1.807, 2.05) is 35.8 Å². The number of aromatic nitrogens is 1. The summed E-state index contributed by atoms with van der Waals surface area (Å²) in [5.74, 6) is -0.757. The molecule has 2 aromatic heterocycles. The summed E-state index contributed by atoms with van der Waals surface area (Å²) in [5.41, 5.74) is 3.09. The maximum atomic E-state index is 13.6. The molecule has 3 aromatic carbocycles. The molecule has 0 aliphatic carbocycles. The SMILES string of the molecule is CCn1c2ccccc2c2c(-c3ccc(F)cc3)c(-c3ccc(F)cc3)c(=O)oc21. The first-order valence-corrected chi connectivity index (χ1v) is 9.68. The number of hydrogen-bond donors (Lipinski definition) is 0. The van der Waals surface area contributed by atoms with Crippen LogP contribution >= 0.6 is 0 Å². The Hall–Kier alpha value is -3.73. The van der Waals surface area contributed by atoms with Crippen LogP contribution in [0.1, 0.15) is 6.92 Å². The van der Waals surface area contributed by atoms with Gasteiger partial charge in [-0.2, -0.15) is 0 Å². The molecule has 0 spiro atoms. The van der Waals surface area contributed by atoms with Gasteiger partial charge in [0.1, 0.15) is 11.6 Å². The Kier molecular flexibility index (Phi) is 4.24. The number of fused-ring (bicyclic) bond motifs is 3. The molecule has 0 bridgehead atoms. The topological polar surface area (TPSA) is 35.1 Å². The number of rotatable bonds is 3. The minimum atomic E-state index is -0.522. The zero-order chi connectivity index (χ0) is 20.8. The van der Waals surface area contributed by atoms with E-state index in [9.17, 15) is 13.6 Å². The van der Waals surface area contributed by atoms with Crippen LogP contribution in [0.3, 0.4) is 0 Å². The van der Waals surface area contributed by atoms with E-state index in [1.165, 1.54) is 24.3 Å². The molecule has 0 amide bonds. The molecule has 0 radical (unpaired) electrons. The summed E-state index contributed by atoms with van der Waals surface area (Å²) >= 11 is 0. The molecule has 0 aliphatic rings. The minimum Gasteiger partial charge on any atom is -0.405 e. The summed E-state index contributed by atoms with van der Waals surface area (Å²) < 4.78 is 34.9. The van der Waals surface area contributed by atoms with Crippen LogP contribution in [0.5, 0.6) is 0 Å². The van der Waals surface area contributed by atoms with Crippen LogP contribution in [0.2, 0.25) is 0 Å². The van der Waals surface area contributed by atoms with E-state index in [4.69, 9.17) is 4.42 Å². The van der Waals surface area contributed by atoms with Gasteiger partial charge in [-0.3, -0.25) is 0 Å². The summed E-state index contributed by atoms with van der Waals surface area (Å²) in [6, 6.07) is 19.6. The van der Waals surface area contributed by atoms with E-state index >= 15 is 0 Å². The Morgan fingerprint density at radius 2 is 1.37 bits per heavy atom. The Morgan fingerprint density at radius 3 is 1.97 bits per heavy atom. The smallest absolute Gasteiger partial charge is 0.346 e. The predicted octanol–water partition coefficient (Wildman–Crippen LogP) is 6.38. The molecule has 0 saturated heterocycles. The van der Waals surface area contributed by atoms with Gasteiger partial charge in [0.05, 0.1) is 16.5 Å². The van der Waals surface area contributed by atoms with Crippen molar-refractivity contribution < 1.29 is 13.2 Å². The van der Waals surface area contributed by atoms with Gasteiger partial charge in [-0.1, -0.05) is 42.5 Å². The second-order valence-electron chi connectivity index (χ2n) is 7.09. The molecule has 0 aliphatic heterocycles. The van der Waals surface area contributed by atoms with Gasteiger partial charge in [-0.15, -0.1) is 0 Å². The summed E-state index contributed by atoms with van der Waals surface area (Å²) in [7, 11) is 0. The van der Waals surface area contributed by atoms with Crippen molar-refractivity contribution in [2.75, 3.05) is 0 Å². The summed E-state index contributed by atoms with van der Waals surface area (Å²) in [6.45, 7) is 2.60. The van der Waals surface area contributed by atoms with Gasteiger partial charge in [0, 0.05) is 17.5 Å². The average Bonchev–Trinajstić information content (AvgIpc) is 3.07. The summed E-state index contributed by atoms with van der Waals surface area (Å²) in [6.07, 6.45) is 0. The van der Waals surface area contributed by atoms with E-state index in [1.54, 1.807) is 24.3 Å². The molecule has 0 fully saturated rings. The normalized spacial score (nSPS) is 11.4. The van der Waals surface area contributed by atoms with Gasteiger partial charge in [0.15, 0.2) is 0 Å². The van der Waals surface area contributed by atoms with E-state index < -0.39 is 11.4 Å². The van der Waals surface area contributed by atoms with Crippen molar-refractivity contribution in [2.45, 2.75) is 13.5 Å². The second-order valence-corrected chi connectivity index (χ2v) is 7.09. The molecule has 148 valence electrons. The molecule has 0 saturated carbocycles. The van der Waals surface area contributed by atoms with Gasteiger partial charge in [-0.25, -0.2) is 13.6 Å². The van der Waals surface area contributed by atoms with Crippen LogP contribution in [0.25, 0.3) is 44.3 Å². The van der Waals surface area contributed by atoms with Crippen molar-refractivity contribution in [3.63, 3.8) is 0 Å². The maximum absolute atomic E-state index is 13.6. The average molecular weight is 401 g/mol. The van der Waals surface area contributed by atoms with E-state index in [0.717, 1.165) is 16.3 Å². The van der Waals surface area contributed by atoms with Crippen molar-refractivity contribution >= 4 is 22.0 Å². The molecule has 0 N–H and O–H groups in total. The molecule has 0 unspecified atom stereocenters. The first-order chi connectivity index (χ1) is 14.6. The van der Waals surface area contributed by atoms with Gasteiger partial charge in [0.25, 0.3) is 0 Å². The number of aryl methyl sites for hydroxylation is 1.